The van der Waals surface area contributed by atoms with Gasteiger partial charge in [0.15, 0.2) is 0 Å². The number of aromatic nitrogens is 1. The second-order valence-electron chi connectivity index (χ2n) is 8.04. The van der Waals surface area contributed by atoms with E-state index in [2.05, 4.69) is 9.88 Å². The Bertz CT molecular complexity index is 1230. The molecule has 9 nitrogen and oxygen atoms in total. The molecule has 10 heteroatoms. The van der Waals surface area contributed by atoms with E-state index in [4.69, 9.17) is 0 Å². The molecule has 34 heavy (non-hydrogen) atoms. The molecule has 0 N–H and O–H groups in total. The molecule has 0 radical (unpaired) electrons. The number of nitro benzene ring substituents is 1. The van der Waals surface area contributed by atoms with Gasteiger partial charge in [-0.2, -0.15) is 0 Å². The molecule has 178 valence electrons. The Labute approximate surface area is 199 Å². The summed E-state index contributed by atoms with van der Waals surface area (Å²) >= 11 is 0. The quantitative estimate of drug-likeness (QED) is 0.358. The fourth-order valence-electron chi connectivity index (χ4n) is 4.19. The third-order valence-corrected chi connectivity index (χ3v) is 7.80. The van der Waals surface area contributed by atoms with Gasteiger partial charge in [-0.1, -0.05) is 24.3 Å². The van der Waals surface area contributed by atoms with E-state index in [9.17, 15) is 18.5 Å². The minimum absolute atomic E-state index is 0.0936. The molecule has 0 amide bonds. The summed E-state index contributed by atoms with van der Waals surface area (Å²) in [5.74, 6) is 0. The van der Waals surface area contributed by atoms with Crippen molar-refractivity contribution in [1.29, 1.82) is 0 Å². The predicted octanol–water partition coefficient (Wildman–Crippen LogP) is 3.53. The summed E-state index contributed by atoms with van der Waals surface area (Å²) in [4.78, 5) is 19.7. The second kappa shape index (κ2) is 10.2. The number of benzene rings is 2. The molecule has 3 aromatic rings. The number of nitro groups is 1. The van der Waals surface area contributed by atoms with Crippen LogP contribution in [0.2, 0.25) is 0 Å². The third-order valence-electron chi connectivity index (χ3n) is 5.90. The number of anilines is 2. The van der Waals surface area contributed by atoms with Crippen LogP contribution >= 0.6 is 0 Å². The van der Waals surface area contributed by atoms with Crippen molar-refractivity contribution in [2.75, 3.05) is 41.9 Å². The fourth-order valence-corrected chi connectivity index (χ4v) is 5.68. The first-order valence-corrected chi connectivity index (χ1v) is 12.6. The summed E-state index contributed by atoms with van der Waals surface area (Å²) in [6.07, 6.45) is 3.58. The Morgan fingerprint density at radius 2 is 1.76 bits per heavy atom. The molecule has 2 heterocycles. The number of pyridine rings is 1. The van der Waals surface area contributed by atoms with Crippen molar-refractivity contribution in [3.63, 3.8) is 0 Å². The normalized spacial score (nSPS) is 14.7. The first kappa shape index (κ1) is 23.7. The van der Waals surface area contributed by atoms with Crippen LogP contribution in [0.4, 0.5) is 17.1 Å². The van der Waals surface area contributed by atoms with E-state index in [1.807, 2.05) is 23.2 Å². The molecule has 1 fully saturated rings. The zero-order valence-electron chi connectivity index (χ0n) is 18.9. The number of hydrogen-bond acceptors (Lipinski definition) is 7. The van der Waals surface area contributed by atoms with Gasteiger partial charge in [-0.05, 0) is 42.8 Å². The van der Waals surface area contributed by atoms with Gasteiger partial charge in [-0.15, -0.1) is 0 Å². The van der Waals surface area contributed by atoms with Crippen molar-refractivity contribution in [2.45, 2.75) is 18.4 Å². The highest BCUT2D eigenvalue weighted by atomic mass is 32.2. The molecule has 1 saturated heterocycles. The van der Waals surface area contributed by atoms with E-state index in [-0.39, 0.29) is 17.1 Å². The SMILES string of the molecule is CCN(c1ccccc1)S(=O)(=O)c1ccc(N2CCN(Cc3cccnc3)CC2)c([N+](=O)[O-])c1. The fraction of sp³-hybridized carbons (Fsp3) is 0.292. The van der Waals surface area contributed by atoms with Crippen LogP contribution in [0.1, 0.15) is 12.5 Å². The average Bonchev–Trinajstić information content (AvgIpc) is 2.86. The Morgan fingerprint density at radius 1 is 1.03 bits per heavy atom. The van der Waals surface area contributed by atoms with Gasteiger partial charge in [0.05, 0.1) is 15.5 Å². The van der Waals surface area contributed by atoms with Crippen LogP contribution in [0.5, 0.6) is 0 Å². The van der Waals surface area contributed by atoms with E-state index in [1.54, 1.807) is 49.5 Å². The van der Waals surface area contributed by atoms with Crippen molar-refractivity contribution in [2.24, 2.45) is 0 Å². The Balaban J connectivity index is 1.55. The van der Waals surface area contributed by atoms with Crippen molar-refractivity contribution in [3.8, 4) is 0 Å². The van der Waals surface area contributed by atoms with Gasteiger partial charge in [0.1, 0.15) is 5.69 Å². The molecule has 0 saturated carbocycles. The smallest absolute Gasteiger partial charge is 0.293 e. The number of hydrogen-bond donors (Lipinski definition) is 0. The van der Waals surface area contributed by atoms with Crippen LogP contribution in [-0.2, 0) is 16.6 Å². The Kier molecular flexibility index (Phi) is 7.09. The summed E-state index contributed by atoms with van der Waals surface area (Å²) in [6.45, 7) is 5.41. The zero-order chi connectivity index (χ0) is 24.1. The summed E-state index contributed by atoms with van der Waals surface area (Å²) in [7, 11) is -3.95. The molecule has 0 unspecified atom stereocenters. The maximum absolute atomic E-state index is 13.3. The van der Waals surface area contributed by atoms with E-state index in [0.29, 0.717) is 24.5 Å². The standard InChI is InChI=1S/C24H27N5O4S/c1-2-28(21-8-4-3-5-9-21)34(32,33)22-10-11-23(24(17-22)29(30)31)27-15-13-26(14-16-27)19-20-7-6-12-25-18-20/h3-12,17-18H,2,13-16,19H2,1H3. The van der Waals surface area contributed by atoms with E-state index in [0.717, 1.165) is 25.2 Å². The Morgan fingerprint density at radius 3 is 2.38 bits per heavy atom. The Hall–Kier alpha value is -3.50. The molecular formula is C24H27N5O4S. The van der Waals surface area contributed by atoms with Gasteiger partial charge in [0, 0.05) is 57.7 Å². The van der Waals surface area contributed by atoms with Crippen LogP contribution < -0.4 is 9.21 Å². The maximum Gasteiger partial charge on any atom is 0.293 e. The van der Waals surface area contributed by atoms with Crippen LogP contribution in [0.3, 0.4) is 0 Å². The van der Waals surface area contributed by atoms with Crippen molar-refractivity contribution < 1.29 is 13.3 Å². The van der Waals surface area contributed by atoms with Crippen LogP contribution in [-0.4, -0.2) is 55.9 Å². The predicted molar refractivity (Wildman–Crippen MR) is 131 cm³/mol. The summed E-state index contributed by atoms with van der Waals surface area (Å²) < 4.78 is 27.9. The van der Waals surface area contributed by atoms with Gasteiger partial charge in [0.2, 0.25) is 0 Å². The van der Waals surface area contributed by atoms with E-state index < -0.39 is 14.9 Å². The monoisotopic (exact) mass is 481 g/mol. The molecule has 0 atom stereocenters. The van der Waals surface area contributed by atoms with Gasteiger partial charge < -0.3 is 4.90 Å². The molecule has 2 aromatic carbocycles. The van der Waals surface area contributed by atoms with Gasteiger partial charge in [0.25, 0.3) is 15.7 Å². The van der Waals surface area contributed by atoms with E-state index in [1.165, 1.54) is 16.4 Å². The van der Waals surface area contributed by atoms with Gasteiger partial charge in [-0.25, -0.2) is 8.42 Å². The van der Waals surface area contributed by atoms with Crippen molar-refractivity contribution >= 4 is 27.1 Å². The van der Waals surface area contributed by atoms with Crippen LogP contribution in [0.25, 0.3) is 0 Å². The summed E-state index contributed by atoms with van der Waals surface area (Å²) in [5, 5.41) is 11.9. The molecule has 0 bridgehead atoms. The number of sulfonamides is 1. The number of para-hydroxylation sites is 1. The molecule has 4 rings (SSSR count). The van der Waals surface area contributed by atoms with Crippen LogP contribution in [0, 0.1) is 10.1 Å². The summed E-state index contributed by atoms with van der Waals surface area (Å²) in [5.41, 5.74) is 1.87. The number of nitrogens with zero attached hydrogens (tertiary/aromatic N) is 5. The number of rotatable bonds is 8. The minimum Gasteiger partial charge on any atom is -0.363 e. The lowest BCUT2D eigenvalue weighted by Gasteiger charge is -2.35. The highest BCUT2D eigenvalue weighted by Gasteiger charge is 2.29. The molecule has 1 aliphatic rings. The lowest BCUT2D eigenvalue weighted by Crippen LogP contribution is -2.46. The largest absolute Gasteiger partial charge is 0.363 e. The van der Waals surface area contributed by atoms with Gasteiger partial charge >= 0.3 is 0 Å². The number of piperazine rings is 1. The first-order valence-electron chi connectivity index (χ1n) is 11.1. The molecular weight excluding hydrogens is 454 g/mol. The van der Waals surface area contributed by atoms with Crippen molar-refractivity contribution in [1.82, 2.24) is 9.88 Å². The minimum atomic E-state index is -3.95. The third kappa shape index (κ3) is 5.02. The zero-order valence-corrected chi connectivity index (χ0v) is 19.8. The topological polar surface area (TPSA) is 99.9 Å². The second-order valence-corrected chi connectivity index (χ2v) is 9.90. The molecule has 0 aliphatic carbocycles. The molecule has 0 spiro atoms. The maximum atomic E-state index is 13.3. The lowest BCUT2D eigenvalue weighted by atomic mass is 10.2. The lowest BCUT2D eigenvalue weighted by molar-refractivity contribution is -0.384. The molecule has 1 aromatic heterocycles. The summed E-state index contributed by atoms with van der Waals surface area (Å²) in [6, 6.07) is 16.9. The highest BCUT2D eigenvalue weighted by Crippen LogP contribution is 2.33. The van der Waals surface area contributed by atoms with Crippen LogP contribution in [0.15, 0.2) is 78.0 Å². The van der Waals surface area contributed by atoms with Gasteiger partial charge in [-0.3, -0.25) is 24.3 Å². The molecule has 1 aliphatic heterocycles. The average molecular weight is 482 g/mol. The highest BCUT2D eigenvalue weighted by molar-refractivity contribution is 7.92. The first-order chi connectivity index (χ1) is 16.4. The van der Waals surface area contributed by atoms with E-state index >= 15 is 0 Å². The van der Waals surface area contributed by atoms with Crippen molar-refractivity contribution in [3.05, 3.63) is 88.7 Å².